The van der Waals surface area contributed by atoms with Crippen LogP contribution in [-0.2, 0) is 11.2 Å². The maximum Gasteiger partial charge on any atom is 0.0479 e. The highest BCUT2D eigenvalue weighted by Gasteiger charge is 2.20. The summed E-state index contributed by atoms with van der Waals surface area (Å²) in [5, 5.41) is 0. The summed E-state index contributed by atoms with van der Waals surface area (Å²) < 4.78 is 5.09. The molecule has 3 nitrogen and oxygen atoms in total. The molecular weight excluding hydrogens is 200 g/mol. The highest BCUT2D eigenvalue weighted by molar-refractivity contribution is 5.56. The van der Waals surface area contributed by atoms with Gasteiger partial charge in [-0.2, -0.15) is 0 Å². The number of para-hydroxylation sites is 1. The Morgan fingerprint density at radius 1 is 1.44 bits per heavy atom. The topological polar surface area (TPSA) is 38.5 Å². The molecule has 1 heterocycles. The molecule has 0 aromatic heterocycles. The summed E-state index contributed by atoms with van der Waals surface area (Å²) in [4.78, 5) is 2.38. The van der Waals surface area contributed by atoms with Gasteiger partial charge in [0.2, 0.25) is 0 Å². The van der Waals surface area contributed by atoms with Crippen molar-refractivity contribution < 1.29 is 4.74 Å². The Labute approximate surface area is 97.2 Å². The third-order valence-electron chi connectivity index (χ3n) is 3.05. The second kappa shape index (κ2) is 5.32. The number of nitrogens with zero attached hydrogens (tertiary/aromatic N) is 1. The zero-order valence-corrected chi connectivity index (χ0v) is 9.86. The minimum absolute atomic E-state index is 0.262. The molecule has 16 heavy (non-hydrogen) atoms. The molecule has 3 heteroatoms. The molecule has 0 saturated carbocycles. The van der Waals surface area contributed by atoms with E-state index in [1.807, 2.05) is 0 Å². The Morgan fingerprint density at radius 2 is 2.25 bits per heavy atom. The SMILES string of the molecule is COCCCN1CC(N)Cc2ccccc21. The van der Waals surface area contributed by atoms with Crippen LogP contribution in [0.3, 0.4) is 0 Å². The molecule has 0 spiro atoms. The van der Waals surface area contributed by atoms with E-state index >= 15 is 0 Å². The lowest BCUT2D eigenvalue weighted by atomic mass is 9.98. The van der Waals surface area contributed by atoms with E-state index in [4.69, 9.17) is 10.5 Å². The van der Waals surface area contributed by atoms with E-state index in [-0.39, 0.29) is 6.04 Å². The number of methoxy groups -OCH3 is 1. The third kappa shape index (κ3) is 2.54. The molecule has 88 valence electrons. The number of fused-ring (bicyclic) bond motifs is 1. The van der Waals surface area contributed by atoms with Crippen LogP contribution in [0, 0.1) is 0 Å². The molecule has 1 aliphatic heterocycles. The molecule has 0 fully saturated rings. The predicted molar refractivity (Wildman–Crippen MR) is 66.8 cm³/mol. The molecule has 2 rings (SSSR count). The second-order valence-corrected chi connectivity index (χ2v) is 4.39. The van der Waals surface area contributed by atoms with Crippen molar-refractivity contribution in [2.75, 3.05) is 31.7 Å². The van der Waals surface area contributed by atoms with Crippen molar-refractivity contribution in [1.29, 1.82) is 0 Å². The van der Waals surface area contributed by atoms with Gasteiger partial charge in [0.05, 0.1) is 0 Å². The van der Waals surface area contributed by atoms with Crippen molar-refractivity contribution in [1.82, 2.24) is 0 Å². The van der Waals surface area contributed by atoms with Crippen LogP contribution in [0.25, 0.3) is 0 Å². The smallest absolute Gasteiger partial charge is 0.0479 e. The maximum absolute atomic E-state index is 6.07. The molecule has 0 amide bonds. The first-order chi connectivity index (χ1) is 7.81. The van der Waals surface area contributed by atoms with Crippen LogP contribution in [0.4, 0.5) is 5.69 Å². The van der Waals surface area contributed by atoms with Crippen molar-refractivity contribution in [2.45, 2.75) is 18.9 Å². The van der Waals surface area contributed by atoms with Crippen LogP contribution in [0.15, 0.2) is 24.3 Å². The van der Waals surface area contributed by atoms with Gasteiger partial charge in [-0.3, -0.25) is 0 Å². The van der Waals surface area contributed by atoms with E-state index in [1.165, 1.54) is 11.3 Å². The van der Waals surface area contributed by atoms with Gasteiger partial charge in [-0.05, 0) is 24.5 Å². The molecule has 0 radical (unpaired) electrons. The molecule has 0 bridgehead atoms. The first-order valence-corrected chi connectivity index (χ1v) is 5.88. The Kier molecular flexibility index (Phi) is 3.80. The molecule has 1 aromatic rings. The lowest BCUT2D eigenvalue weighted by molar-refractivity contribution is 0.196. The van der Waals surface area contributed by atoms with Gasteiger partial charge in [0, 0.05) is 38.5 Å². The minimum atomic E-state index is 0.262. The van der Waals surface area contributed by atoms with Gasteiger partial charge in [0.1, 0.15) is 0 Å². The van der Waals surface area contributed by atoms with Gasteiger partial charge in [0.15, 0.2) is 0 Å². The summed E-state index contributed by atoms with van der Waals surface area (Å²) in [7, 11) is 1.75. The van der Waals surface area contributed by atoms with Crippen molar-refractivity contribution in [2.24, 2.45) is 5.73 Å². The summed E-state index contributed by atoms with van der Waals surface area (Å²) in [6.07, 6.45) is 2.05. The molecule has 1 aromatic carbocycles. The molecule has 0 aliphatic carbocycles. The number of ether oxygens (including phenoxy) is 1. The first-order valence-electron chi connectivity index (χ1n) is 5.88. The Bertz CT molecular complexity index is 340. The van der Waals surface area contributed by atoms with Crippen molar-refractivity contribution >= 4 is 5.69 Å². The monoisotopic (exact) mass is 220 g/mol. The van der Waals surface area contributed by atoms with Gasteiger partial charge in [-0.1, -0.05) is 18.2 Å². The largest absolute Gasteiger partial charge is 0.385 e. The average Bonchev–Trinajstić information content (AvgIpc) is 2.29. The fraction of sp³-hybridized carbons (Fsp3) is 0.538. The zero-order chi connectivity index (χ0) is 11.4. The van der Waals surface area contributed by atoms with Crippen molar-refractivity contribution in [3.8, 4) is 0 Å². The van der Waals surface area contributed by atoms with E-state index in [2.05, 4.69) is 29.2 Å². The van der Waals surface area contributed by atoms with E-state index < -0.39 is 0 Å². The van der Waals surface area contributed by atoms with Gasteiger partial charge in [0.25, 0.3) is 0 Å². The zero-order valence-electron chi connectivity index (χ0n) is 9.86. The van der Waals surface area contributed by atoms with Crippen LogP contribution < -0.4 is 10.6 Å². The number of hydrogen-bond acceptors (Lipinski definition) is 3. The molecule has 1 unspecified atom stereocenters. The van der Waals surface area contributed by atoms with E-state index in [9.17, 15) is 0 Å². The van der Waals surface area contributed by atoms with Crippen LogP contribution >= 0.6 is 0 Å². The molecule has 2 N–H and O–H groups in total. The lowest BCUT2D eigenvalue weighted by Crippen LogP contribution is -2.43. The third-order valence-corrected chi connectivity index (χ3v) is 3.05. The average molecular weight is 220 g/mol. The van der Waals surface area contributed by atoms with Gasteiger partial charge in [-0.15, -0.1) is 0 Å². The number of hydrogen-bond donors (Lipinski definition) is 1. The van der Waals surface area contributed by atoms with Crippen molar-refractivity contribution in [3.63, 3.8) is 0 Å². The second-order valence-electron chi connectivity index (χ2n) is 4.39. The summed E-state index contributed by atoms with van der Waals surface area (Å²) in [6.45, 7) is 2.80. The summed E-state index contributed by atoms with van der Waals surface area (Å²) in [6, 6.07) is 8.81. The van der Waals surface area contributed by atoms with Gasteiger partial charge in [-0.25, -0.2) is 0 Å². The Morgan fingerprint density at radius 3 is 3.06 bits per heavy atom. The van der Waals surface area contributed by atoms with E-state index in [0.29, 0.717) is 0 Å². The number of nitrogens with two attached hydrogens (primary N) is 1. The summed E-state index contributed by atoms with van der Waals surface area (Å²) >= 11 is 0. The van der Waals surface area contributed by atoms with Crippen LogP contribution in [0.1, 0.15) is 12.0 Å². The fourth-order valence-electron chi connectivity index (χ4n) is 2.33. The Hall–Kier alpha value is -1.06. The molecule has 1 atom stereocenters. The number of benzene rings is 1. The summed E-state index contributed by atoms with van der Waals surface area (Å²) in [5.74, 6) is 0. The van der Waals surface area contributed by atoms with Gasteiger partial charge >= 0.3 is 0 Å². The minimum Gasteiger partial charge on any atom is -0.385 e. The van der Waals surface area contributed by atoms with Crippen molar-refractivity contribution in [3.05, 3.63) is 29.8 Å². The lowest BCUT2D eigenvalue weighted by Gasteiger charge is -2.34. The molecule has 0 saturated heterocycles. The highest BCUT2D eigenvalue weighted by atomic mass is 16.5. The van der Waals surface area contributed by atoms with Crippen LogP contribution in [0.2, 0.25) is 0 Å². The van der Waals surface area contributed by atoms with E-state index in [1.54, 1.807) is 7.11 Å². The quantitative estimate of drug-likeness (QED) is 0.780. The first kappa shape index (κ1) is 11.4. The van der Waals surface area contributed by atoms with E-state index in [0.717, 1.165) is 32.5 Å². The molecular formula is C13H20N2O. The normalized spacial score (nSPS) is 19.6. The van der Waals surface area contributed by atoms with Crippen LogP contribution in [0.5, 0.6) is 0 Å². The fourth-order valence-corrected chi connectivity index (χ4v) is 2.33. The summed E-state index contributed by atoms with van der Waals surface area (Å²) in [5.41, 5.74) is 8.79. The number of rotatable bonds is 4. The number of anilines is 1. The Balaban J connectivity index is 2.07. The maximum atomic E-state index is 6.07. The van der Waals surface area contributed by atoms with Gasteiger partial charge < -0.3 is 15.4 Å². The van der Waals surface area contributed by atoms with Crippen LogP contribution in [-0.4, -0.2) is 32.8 Å². The molecule has 1 aliphatic rings. The predicted octanol–water partition coefficient (Wildman–Crippen LogP) is 1.41. The highest BCUT2D eigenvalue weighted by Crippen LogP contribution is 2.26. The standard InChI is InChI=1S/C13H20N2O/c1-16-8-4-7-15-10-12(14)9-11-5-2-3-6-13(11)15/h2-3,5-6,12H,4,7-10,14H2,1H3.